The van der Waals surface area contributed by atoms with E-state index in [1.54, 1.807) is 0 Å². The molecule has 1 aromatic heterocycles. The number of nitrogens with two attached hydrogens (primary N) is 1. The van der Waals surface area contributed by atoms with Crippen LogP contribution in [0.1, 0.15) is 53.4 Å². The van der Waals surface area contributed by atoms with E-state index in [1.807, 2.05) is 0 Å². The fourth-order valence-electron chi connectivity index (χ4n) is 3.40. The largest absolute Gasteiger partial charge is 0.475 e. The summed E-state index contributed by atoms with van der Waals surface area (Å²) < 4.78 is 5.56. The summed E-state index contributed by atoms with van der Waals surface area (Å²) in [6.07, 6.45) is 5.57. The molecular formula is C17H19NO4. The lowest BCUT2D eigenvalue weighted by Gasteiger charge is -2.23. The zero-order valence-electron chi connectivity index (χ0n) is 12.6. The van der Waals surface area contributed by atoms with E-state index in [0.717, 1.165) is 61.3 Å². The highest BCUT2D eigenvalue weighted by Gasteiger charge is 2.24. The lowest BCUT2D eigenvalue weighted by Crippen LogP contribution is -2.16. The van der Waals surface area contributed by atoms with E-state index in [2.05, 4.69) is 6.92 Å². The minimum absolute atomic E-state index is 0.329. The Bertz CT molecular complexity index is 820. The molecule has 0 unspecified atom stereocenters. The molecule has 116 valence electrons. The van der Waals surface area contributed by atoms with Gasteiger partial charge in [-0.3, -0.25) is 4.79 Å². The van der Waals surface area contributed by atoms with E-state index in [9.17, 15) is 9.59 Å². The molecule has 3 rings (SSSR count). The Hall–Kier alpha value is -2.30. The molecule has 0 bridgehead atoms. The van der Waals surface area contributed by atoms with Crippen LogP contribution in [0.4, 0.5) is 5.69 Å². The molecule has 1 aliphatic carbocycles. The number of aryl methyl sites for hydroxylation is 1. The van der Waals surface area contributed by atoms with Gasteiger partial charge in [-0.2, -0.15) is 0 Å². The fourth-order valence-corrected chi connectivity index (χ4v) is 3.40. The topological polar surface area (TPSA) is 93.5 Å². The van der Waals surface area contributed by atoms with Crippen LogP contribution in [-0.2, 0) is 19.3 Å². The molecule has 0 atom stereocenters. The van der Waals surface area contributed by atoms with Crippen LogP contribution in [0.3, 0.4) is 0 Å². The summed E-state index contributed by atoms with van der Waals surface area (Å²) >= 11 is 0. The van der Waals surface area contributed by atoms with Gasteiger partial charge >= 0.3 is 5.97 Å². The van der Waals surface area contributed by atoms with Gasteiger partial charge in [0.05, 0.1) is 11.1 Å². The average molecular weight is 301 g/mol. The first-order valence-corrected chi connectivity index (χ1v) is 7.67. The van der Waals surface area contributed by atoms with E-state index >= 15 is 0 Å². The predicted molar refractivity (Wildman–Crippen MR) is 84.5 cm³/mol. The van der Waals surface area contributed by atoms with E-state index in [-0.39, 0.29) is 11.2 Å². The second-order valence-electron chi connectivity index (χ2n) is 5.79. The van der Waals surface area contributed by atoms with E-state index in [0.29, 0.717) is 16.7 Å². The number of carboxylic acids is 1. The van der Waals surface area contributed by atoms with Crippen LogP contribution >= 0.6 is 0 Å². The van der Waals surface area contributed by atoms with Gasteiger partial charge in [0.2, 0.25) is 5.76 Å². The number of anilines is 1. The number of benzene rings is 1. The van der Waals surface area contributed by atoms with Crippen LogP contribution < -0.4 is 11.2 Å². The van der Waals surface area contributed by atoms with E-state index in [1.165, 1.54) is 0 Å². The SMILES string of the molecule is CCCc1c2c(c(N)c3c(=O)cc(C(=O)O)oc13)CCCC2. The number of carbonyl (C=O) groups is 1. The molecule has 5 nitrogen and oxygen atoms in total. The van der Waals surface area contributed by atoms with Gasteiger partial charge in [0, 0.05) is 6.07 Å². The second kappa shape index (κ2) is 5.48. The van der Waals surface area contributed by atoms with Gasteiger partial charge in [-0.25, -0.2) is 4.79 Å². The molecule has 0 fully saturated rings. The van der Waals surface area contributed by atoms with Crippen molar-refractivity contribution in [2.45, 2.75) is 45.4 Å². The van der Waals surface area contributed by atoms with Crippen LogP contribution in [0.2, 0.25) is 0 Å². The third-order valence-corrected chi connectivity index (χ3v) is 4.36. The van der Waals surface area contributed by atoms with Crippen molar-refractivity contribution in [1.29, 1.82) is 0 Å². The Labute approximate surface area is 127 Å². The second-order valence-corrected chi connectivity index (χ2v) is 5.79. The van der Waals surface area contributed by atoms with Crippen LogP contribution in [0, 0.1) is 0 Å². The fraction of sp³-hybridized carbons (Fsp3) is 0.412. The van der Waals surface area contributed by atoms with E-state index in [4.69, 9.17) is 15.3 Å². The van der Waals surface area contributed by atoms with Gasteiger partial charge < -0.3 is 15.3 Å². The van der Waals surface area contributed by atoms with Gasteiger partial charge in [0.1, 0.15) is 5.58 Å². The predicted octanol–water partition coefficient (Wildman–Crippen LogP) is 2.90. The lowest BCUT2D eigenvalue weighted by atomic mass is 9.84. The first-order chi connectivity index (χ1) is 10.5. The molecule has 0 spiro atoms. The van der Waals surface area contributed by atoms with Crippen molar-refractivity contribution in [3.8, 4) is 0 Å². The molecule has 3 N–H and O–H groups in total. The van der Waals surface area contributed by atoms with Crippen molar-refractivity contribution in [2.24, 2.45) is 0 Å². The highest BCUT2D eigenvalue weighted by Crippen LogP contribution is 2.36. The van der Waals surface area contributed by atoms with Crippen molar-refractivity contribution in [3.63, 3.8) is 0 Å². The maximum Gasteiger partial charge on any atom is 0.371 e. The zero-order chi connectivity index (χ0) is 15.9. The summed E-state index contributed by atoms with van der Waals surface area (Å²) in [5, 5.41) is 9.48. The normalized spacial score (nSPS) is 14.0. The number of aromatic carboxylic acids is 1. The molecule has 0 radical (unpaired) electrons. The summed E-state index contributed by atoms with van der Waals surface area (Å²) in [5.74, 6) is -1.57. The molecular weight excluding hydrogens is 282 g/mol. The molecule has 0 amide bonds. The first-order valence-electron chi connectivity index (χ1n) is 7.67. The maximum atomic E-state index is 12.4. The minimum Gasteiger partial charge on any atom is -0.475 e. The number of nitrogen functional groups attached to an aromatic ring is 1. The molecule has 1 heterocycles. The third-order valence-electron chi connectivity index (χ3n) is 4.36. The highest BCUT2D eigenvalue weighted by molar-refractivity contribution is 5.96. The Balaban J connectivity index is 2.46. The number of carboxylic acid groups (broad SMARTS) is 1. The summed E-state index contributed by atoms with van der Waals surface area (Å²) in [4.78, 5) is 23.5. The molecule has 22 heavy (non-hydrogen) atoms. The van der Waals surface area contributed by atoms with Crippen LogP contribution in [0.5, 0.6) is 0 Å². The molecule has 0 aliphatic heterocycles. The van der Waals surface area contributed by atoms with Crippen molar-refractivity contribution >= 4 is 22.6 Å². The number of hydrogen-bond acceptors (Lipinski definition) is 4. The lowest BCUT2D eigenvalue weighted by molar-refractivity contribution is 0.0663. The smallest absolute Gasteiger partial charge is 0.371 e. The number of rotatable bonds is 3. The molecule has 1 aromatic carbocycles. The maximum absolute atomic E-state index is 12.4. The summed E-state index contributed by atoms with van der Waals surface area (Å²) in [6, 6.07) is 1.02. The monoisotopic (exact) mass is 301 g/mol. The van der Waals surface area contributed by atoms with E-state index < -0.39 is 5.97 Å². The number of fused-ring (bicyclic) bond motifs is 2. The Morgan fingerprint density at radius 2 is 2.00 bits per heavy atom. The molecule has 0 saturated heterocycles. The van der Waals surface area contributed by atoms with Gasteiger partial charge in [-0.15, -0.1) is 0 Å². The first kappa shape index (κ1) is 14.6. The van der Waals surface area contributed by atoms with Gasteiger partial charge in [-0.1, -0.05) is 13.3 Å². The Morgan fingerprint density at radius 1 is 1.32 bits per heavy atom. The van der Waals surface area contributed by atoms with Gasteiger partial charge in [0.25, 0.3) is 0 Å². The van der Waals surface area contributed by atoms with Crippen molar-refractivity contribution in [2.75, 3.05) is 5.73 Å². The van der Waals surface area contributed by atoms with Crippen molar-refractivity contribution in [3.05, 3.63) is 38.7 Å². The van der Waals surface area contributed by atoms with Gasteiger partial charge in [-0.05, 0) is 48.8 Å². The number of hydrogen-bond donors (Lipinski definition) is 2. The summed E-state index contributed by atoms with van der Waals surface area (Å²) in [7, 11) is 0. The van der Waals surface area contributed by atoms with Crippen molar-refractivity contribution in [1.82, 2.24) is 0 Å². The van der Waals surface area contributed by atoms with Crippen LogP contribution in [-0.4, -0.2) is 11.1 Å². The summed E-state index contributed by atoms with van der Waals surface area (Å²) in [5.41, 5.74) is 9.85. The molecule has 1 aliphatic rings. The molecule has 0 saturated carbocycles. The highest BCUT2D eigenvalue weighted by atomic mass is 16.4. The molecule has 2 aromatic rings. The quantitative estimate of drug-likeness (QED) is 0.850. The standard InChI is InChI=1S/C17H19NO4/c1-2-5-11-9-6-3-4-7-10(9)15(18)14-12(19)8-13(17(20)21)22-16(11)14/h8H,2-7,18H2,1H3,(H,20,21). The third kappa shape index (κ3) is 2.17. The zero-order valence-corrected chi connectivity index (χ0v) is 12.6. The average Bonchev–Trinajstić information content (AvgIpc) is 2.50. The Morgan fingerprint density at radius 3 is 2.64 bits per heavy atom. The van der Waals surface area contributed by atoms with Gasteiger partial charge in [0.15, 0.2) is 5.43 Å². The van der Waals surface area contributed by atoms with Crippen molar-refractivity contribution < 1.29 is 14.3 Å². The molecule has 5 heteroatoms. The Kier molecular flexibility index (Phi) is 3.64. The van der Waals surface area contributed by atoms with Crippen LogP contribution in [0.15, 0.2) is 15.3 Å². The minimum atomic E-state index is -1.24. The summed E-state index contributed by atoms with van der Waals surface area (Å²) in [6.45, 7) is 2.05. The van der Waals surface area contributed by atoms with Crippen LogP contribution in [0.25, 0.3) is 11.0 Å².